The largest absolute Gasteiger partial charge is 0.491 e. The molecule has 7 rings (SSSR count). The van der Waals surface area contributed by atoms with Crippen molar-refractivity contribution in [2.75, 3.05) is 18.1 Å². The van der Waals surface area contributed by atoms with E-state index < -0.39 is 58.6 Å². The van der Waals surface area contributed by atoms with Crippen molar-refractivity contribution < 1.29 is 34.2 Å². The molecule has 9 nitrogen and oxygen atoms in total. The van der Waals surface area contributed by atoms with Gasteiger partial charge >= 0.3 is 0 Å². The van der Waals surface area contributed by atoms with Crippen LogP contribution in [0.15, 0.2) is 90.5 Å². The van der Waals surface area contributed by atoms with E-state index in [2.05, 4.69) is 0 Å². The molecule has 2 saturated heterocycles. The summed E-state index contributed by atoms with van der Waals surface area (Å²) in [4.78, 5) is 57.0. The van der Waals surface area contributed by atoms with Crippen LogP contribution in [-0.2, 0) is 24.6 Å². The lowest BCUT2D eigenvalue weighted by atomic mass is 9.49. The summed E-state index contributed by atoms with van der Waals surface area (Å²) in [5.74, 6) is -5.32. The van der Waals surface area contributed by atoms with Crippen LogP contribution >= 0.6 is 11.6 Å². The lowest BCUT2D eigenvalue weighted by Gasteiger charge is -2.50. The quantitative estimate of drug-likeness (QED) is 0.242. The second-order valence-electron chi connectivity index (χ2n) is 11.7. The number of hydrogen-bond acceptors (Lipinski definition) is 7. The molecule has 3 aromatic carbocycles. The first-order chi connectivity index (χ1) is 21.3. The fourth-order valence-corrected chi connectivity index (χ4v) is 8.21. The van der Waals surface area contributed by atoms with Gasteiger partial charge in [-0.25, -0.2) is 4.90 Å². The Labute approximate surface area is 258 Å². The Balaban J connectivity index is 1.47. The van der Waals surface area contributed by atoms with Gasteiger partial charge in [0.15, 0.2) is 0 Å². The molecule has 44 heavy (non-hydrogen) atoms. The molecule has 2 heterocycles. The van der Waals surface area contributed by atoms with E-state index >= 15 is 4.79 Å². The van der Waals surface area contributed by atoms with Gasteiger partial charge in [-0.3, -0.25) is 24.4 Å². The van der Waals surface area contributed by atoms with Gasteiger partial charge in [-0.1, -0.05) is 71.8 Å². The van der Waals surface area contributed by atoms with Crippen LogP contribution in [0.4, 0.5) is 5.69 Å². The minimum atomic E-state index is -1.38. The Morgan fingerprint density at radius 1 is 0.886 bits per heavy atom. The Kier molecular flexibility index (Phi) is 6.92. The van der Waals surface area contributed by atoms with Gasteiger partial charge in [-0.05, 0) is 60.2 Å². The van der Waals surface area contributed by atoms with Crippen molar-refractivity contribution in [2.45, 2.75) is 24.2 Å². The third-order valence-electron chi connectivity index (χ3n) is 9.72. The normalized spacial score (nSPS) is 29.3. The standard InChI is InChI=1S/C34H29ClN2O7/c35-21-7-4-8-22(17-21)36-31(40)27-18-26-24(13-14-25-28(26)32(41)37(43)30(25)39)29(19-9-11-23(12-10-19)44-16-15-38)34(27,33(36)42)20-5-2-1-3-6-20/h1-13,17,25-29,38,43H,14-16,18H2. The first kappa shape index (κ1) is 28.5. The molecule has 1 saturated carbocycles. The van der Waals surface area contributed by atoms with E-state index in [0.717, 1.165) is 11.1 Å². The van der Waals surface area contributed by atoms with Crippen LogP contribution in [0.3, 0.4) is 0 Å². The monoisotopic (exact) mass is 612 g/mol. The predicted octanol–water partition coefficient (Wildman–Crippen LogP) is 4.26. The van der Waals surface area contributed by atoms with Crippen LogP contribution in [0.25, 0.3) is 0 Å². The van der Waals surface area contributed by atoms with E-state index in [1.165, 1.54) is 4.90 Å². The third-order valence-corrected chi connectivity index (χ3v) is 9.95. The summed E-state index contributed by atoms with van der Waals surface area (Å²) in [6.45, 7) is -0.0324. The highest BCUT2D eigenvalue weighted by atomic mass is 35.5. The van der Waals surface area contributed by atoms with Gasteiger partial charge in [-0.15, -0.1) is 0 Å². The molecule has 0 bridgehead atoms. The zero-order valence-corrected chi connectivity index (χ0v) is 24.3. The number of halogens is 1. The van der Waals surface area contributed by atoms with E-state index in [4.69, 9.17) is 16.3 Å². The molecule has 10 heteroatoms. The molecule has 224 valence electrons. The molecular weight excluding hydrogens is 584 g/mol. The smallest absolute Gasteiger partial charge is 0.257 e. The van der Waals surface area contributed by atoms with Crippen molar-refractivity contribution in [3.8, 4) is 5.75 Å². The minimum absolute atomic E-state index is 0.116. The van der Waals surface area contributed by atoms with E-state index in [1.54, 1.807) is 36.4 Å². The molecule has 2 N–H and O–H groups in total. The van der Waals surface area contributed by atoms with Gasteiger partial charge in [0.2, 0.25) is 11.8 Å². The van der Waals surface area contributed by atoms with Gasteiger partial charge in [0, 0.05) is 10.9 Å². The Morgan fingerprint density at radius 3 is 2.34 bits per heavy atom. The number of fused-ring (bicyclic) bond motifs is 4. The molecule has 3 aromatic rings. The minimum Gasteiger partial charge on any atom is -0.491 e. The SMILES string of the molecule is O=C1C2CC=C3C(CC4C(=O)N(c5cccc(Cl)c5)C(=O)C4(c4ccccc4)C3c3ccc(OCCO)cc3)C2C(=O)N1O. The second-order valence-corrected chi connectivity index (χ2v) is 12.2. The van der Waals surface area contributed by atoms with Gasteiger partial charge in [-0.2, -0.15) is 5.06 Å². The van der Waals surface area contributed by atoms with E-state index in [9.17, 15) is 24.7 Å². The Morgan fingerprint density at radius 2 is 1.64 bits per heavy atom. The average molecular weight is 613 g/mol. The molecule has 4 amide bonds. The van der Waals surface area contributed by atoms with Gasteiger partial charge in [0.1, 0.15) is 12.4 Å². The molecule has 0 radical (unpaired) electrons. The summed E-state index contributed by atoms with van der Waals surface area (Å²) in [6.07, 6.45) is 2.30. The number of allylic oxidation sites excluding steroid dienone is 2. The number of aliphatic hydroxyl groups excluding tert-OH is 1. The Hall–Kier alpha value is -4.31. The third kappa shape index (κ3) is 4.00. The second kappa shape index (κ2) is 10.7. The van der Waals surface area contributed by atoms with Crippen LogP contribution in [0.2, 0.25) is 5.02 Å². The number of carbonyl (C=O) groups excluding carboxylic acids is 4. The van der Waals surface area contributed by atoms with Crippen molar-refractivity contribution in [3.63, 3.8) is 0 Å². The number of aliphatic hydroxyl groups is 1. The number of benzene rings is 3. The van der Waals surface area contributed by atoms with Gasteiger partial charge < -0.3 is 9.84 Å². The van der Waals surface area contributed by atoms with E-state index in [0.29, 0.717) is 22.0 Å². The summed E-state index contributed by atoms with van der Waals surface area (Å²) >= 11 is 6.32. The lowest BCUT2D eigenvalue weighted by molar-refractivity contribution is -0.173. The van der Waals surface area contributed by atoms with Crippen LogP contribution in [0.1, 0.15) is 29.9 Å². The number of hydrogen-bond donors (Lipinski definition) is 2. The molecular formula is C34H29ClN2O7. The lowest BCUT2D eigenvalue weighted by Crippen LogP contribution is -2.53. The number of hydroxylamine groups is 2. The highest BCUT2D eigenvalue weighted by Gasteiger charge is 2.70. The molecule has 6 unspecified atom stereocenters. The van der Waals surface area contributed by atoms with Crippen molar-refractivity contribution >= 4 is 40.9 Å². The van der Waals surface area contributed by atoms with Crippen LogP contribution in [-0.4, -0.2) is 52.2 Å². The maximum atomic E-state index is 15.1. The van der Waals surface area contributed by atoms with Gasteiger partial charge in [0.25, 0.3) is 11.8 Å². The van der Waals surface area contributed by atoms with Crippen LogP contribution in [0, 0.1) is 23.7 Å². The molecule has 2 aliphatic heterocycles. The number of amides is 4. The molecule has 0 aromatic heterocycles. The fourth-order valence-electron chi connectivity index (χ4n) is 8.02. The number of carbonyl (C=O) groups is 4. The van der Waals surface area contributed by atoms with Crippen molar-refractivity contribution in [3.05, 3.63) is 107 Å². The topological polar surface area (TPSA) is 124 Å². The molecule has 3 fully saturated rings. The number of anilines is 1. The molecule has 0 spiro atoms. The first-order valence-corrected chi connectivity index (χ1v) is 15.0. The molecule has 4 aliphatic rings. The number of imide groups is 2. The fraction of sp³-hybridized carbons (Fsp3) is 0.294. The summed E-state index contributed by atoms with van der Waals surface area (Å²) in [7, 11) is 0. The maximum absolute atomic E-state index is 15.1. The van der Waals surface area contributed by atoms with Gasteiger partial charge in [0.05, 0.1) is 35.5 Å². The first-order valence-electron chi connectivity index (χ1n) is 14.6. The van der Waals surface area contributed by atoms with Crippen molar-refractivity contribution in [1.29, 1.82) is 0 Å². The molecule has 6 atom stereocenters. The predicted molar refractivity (Wildman–Crippen MR) is 159 cm³/mol. The van der Waals surface area contributed by atoms with Crippen molar-refractivity contribution in [2.24, 2.45) is 23.7 Å². The zero-order valence-electron chi connectivity index (χ0n) is 23.5. The summed E-state index contributed by atoms with van der Waals surface area (Å²) in [5.41, 5.74) is 1.16. The van der Waals surface area contributed by atoms with E-state index in [-0.39, 0.29) is 31.1 Å². The van der Waals surface area contributed by atoms with Crippen LogP contribution < -0.4 is 9.64 Å². The zero-order chi connectivity index (χ0) is 30.7. The van der Waals surface area contributed by atoms with Crippen LogP contribution in [0.5, 0.6) is 5.75 Å². The van der Waals surface area contributed by atoms with Crippen molar-refractivity contribution in [1.82, 2.24) is 5.06 Å². The highest BCUT2D eigenvalue weighted by molar-refractivity contribution is 6.32. The summed E-state index contributed by atoms with van der Waals surface area (Å²) in [5, 5.41) is 20.1. The maximum Gasteiger partial charge on any atom is 0.257 e. The number of rotatable bonds is 6. The average Bonchev–Trinajstić information content (AvgIpc) is 3.41. The highest BCUT2D eigenvalue weighted by Crippen LogP contribution is 2.64. The number of nitrogens with zero attached hydrogens (tertiary/aromatic N) is 2. The Bertz CT molecular complexity index is 1710. The van der Waals surface area contributed by atoms with E-state index in [1.807, 2.05) is 48.5 Å². The molecule has 2 aliphatic carbocycles. The summed E-state index contributed by atoms with van der Waals surface area (Å²) in [6, 6.07) is 23.0. The number of ether oxygens (including phenoxy) is 1. The summed E-state index contributed by atoms with van der Waals surface area (Å²) < 4.78 is 5.60.